The molecule has 0 aliphatic carbocycles. The van der Waals surface area contributed by atoms with Crippen molar-refractivity contribution < 1.29 is 14.8 Å². The van der Waals surface area contributed by atoms with E-state index in [1.165, 1.54) is 6.07 Å². The van der Waals surface area contributed by atoms with Gasteiger partial charge in [-0.05, 0) is 32.8 Å². The molecule has 118 valence electrons. The van der Waals surface area contributed by atoms with E-state index >= 15 is 0 Å². The van der Waals surface area contributed by atoms with Crippen molar-refractivity contribution in [2.24, 2.45) is 0 Å². The minimum Gasteiger partial charge on any atom is -0.487 e. The van der Waals surface area contributed by atoms with Crippen molar-refractivity contribution in [1.29, 1.82) is 0 Å². The second-order valence-electron chi connectivity index (χ2n) is 5.12. The van der Waals surface area contributed by atoms with Gasteiger partial charge in [0, 0.05) is 37.0 Å². The van der Waals surface area contributed by atoms with Crippen LogP contribution in [0.15, 0.2) is 18.2 Å². The maximum absolute atomic E-state index is 11.1. The number of nitro groups is 1. The van der Waals surface area contributed by atoms with Crippen LogP contribution in [0.4, 0.5) is 11.4 Å². The summed E-state index contributed by atoms with van der Waals surface area (Å²) in [6.45, 7) is 7.31. The standard InChI is InChI=1S/C15H24N2O4/c1-4-10-21-15-11-13(6-7-14(15)17(19)20)16(12(2)3)8-5-9-18/h6-7,11-12,18H,4-5,8-10H2,1-3H3. The minimum absolute atomic E-state index is 0.0157. The van der Waals surface area contributed by atoms with Crippen molar-refractivity contribution in [2.45, 2.75) is 39.7 Å². The molecule has 6 heteroatoms. The van der Waals surface area contributed by atoms with E-state index in [4.69, 9.17) is 9.84 Å². The second kappa shape index (κ2) is 8.46. The molecule has 0 fully saturated rings. The molecule has 0 atom stereocenters. The first-order valence-corrected chi connectivity index (χ1v) is 7.30. The average Bonchev–Trinajstić information content (AvgIpc) is 2.45. The molecular weight excluding hydrogens is 272 g/mol. The van der Waals surface area contributed by atoms with Gasteiger partial charge >= 0.3 is 5.69 Å². The Kier molecular flexibility index (Phi) is 6.94. The first-order chi connectivity index (χ1) is 10.0. The smallest absolute Gasteiger partial charge is 0.311 e. The summed E-state index contributed by atoms with van der Waals surface area (Å²) >= 11 is 0. The summed E-state index contributed by atoms with van der Waals surface area (Å²) in [6.07, 6.45) is 1.44. The van der Waals surface area contributed by atoms with Gasteiger partial charge in [-0.25, -0.2) is 0 Å². The molecule has 0 aromatic heterocycles. The third-order valence-electron chi connectivity index (χ3n) is 3.11. The highest BCUT2D eigenvalue weighted by Crippen LogP contribution is 2.32. The molecule has 6 nitrogen and oxygen atoms in total. The number of hydrogen-bond acceptors (Lipinski definition) is 5. The molecule has 0 saturated carbocycles. The first-order valence-electron chi connectivity index (χ1n) is 7.30. The minimum atomic E-state index is -0.428. The van der Waals surface area contributed by atoms with Crippen LogP contribution in [-0.2, 0) is 0 Å². The van der Waals surface area contributed by atoms with E-state index in [0.29, 0.717) is 25.3 Å². The number of ether oxygens (including phenoxy) is 1. The molecular formula is C15H24N2O4. The third kappa shape index (κ3) is 4.90. The van der Waals surface area contributed by atoms with Crippen LogP contribution in [0, 0.1) is 10.1 Å². The van der Waals surface area contributed by atoms with Crippen LogP contribution in [0.1, 0.15) is 33.6 Å². The quantitative estimate of drug-likeness (QED) is 0.560. The van der Waals surface area contributed by atoms with E-state index in [9.17, 15) is 10.1 Å². The van der Waals surface area contributed by atoms with Crippen LogP contribution in [0.3, 0.4) is 0 Å². The lowest BCUT2D eigenvalue weighted by molar-refractivity contribution is -0.385. The van der Waals surface area contributed by atoms with Crippen LogP contribution in [0.25, 0.3) is 0 Å². The molecule has 0 aliphatic heterocycles. The van der Waals surface area contributed by atoms with Gasteiger partial charge in [-0.2, -0.15) is 0 Å². The van der Waals surface area contributed by atoms with Crippen molar-refractivity contribution in [3.63, 3.8) is 0 Å². The van der Waals surface area contributed by atoms with Crippen molar-refractivity contribution in [2.75, 3.05) is 24.7 Å². The van der Waals surface area contributed by atoms with E-state index in [1.807, 2.05) is 20.8 Å². The topological polar surface area (TPSA) is 75.8 Å². The largest absolute Gasteiger partial charge is 0.487 e. The zero-order chi connectivity index (χ0) is 15.8. The number of aliphatic hydroxyl groups is 1. The van der Waals surface area contributed by atoms with E-state index in [1.54, 1.807) is 12.1 Å². The van der Waals surface area contributed by atoms with E-state index < -0.39 is 4.92 Å². The van der Waals surface area contributed by atoms with Gasteiger partial charge in [-0.3, -0.25) is 10.1 Å². The molecule has 0 aliphatic rings. The van der Waals surface area contributed by atoms with E-state index in [0.717, 1.165) is 12.1 Å². The highest BCUT2D eigenvalue weighted by Gasteiger charge is 2.19. The van der Waals surface area contributed by atoms with Crippen molar-refractivity contribution in [3.8, 4) is 5.75 Å². The van der Waals surface area contributed by atoms with Crippen molar-refractivity contribution in [3.05, 3.63) is 28.3 Å². The number of nitrogens with zero attached hydrogens (tertiary/aromatic N) is 2. The Balaban J connectivity index is 3.08. The summed E-state index contributed by atoms with van der Waals surface area (Å²) in [5.41, 5.74) is 0.855. The molecule has 0 unspecified atom stereocenters. The molecule has 21 heavy (non-hydrogen) atoms. The predicted octanol–water partition coefficient (Wildman–Crippen LogP) is 2.98. The van der Waals surface area contributed by atoms with Gasteiger partial charge in [0.25, 0.3) is 0 Å². The SMILES string of the molecule is CCCOc1cc(N(CCCO)C(C)C)ccc1[N+](=O)[O-]. The van der Waals surface area contributed by atoms with Gasteiger partial charge in [-0.15, -0.1) is 0 Å². The highest BCUT2D eigenvalue weighted by molar-refractivity contribution is 5.59. The lowest BCUT2D eigenvalue weighted by Crippen LogP contribution is -2.32. The number of aliphatic hydroxyl groups excluding tert-OH is 1. The van der Waals surface area contributed by atoms with Gasteiger partial charge in [0.15, 0.2) is 5.75 Å². The monoisotopic (exact) mass is 296 g/mol. The molecule has 1 aromatic carbocycles. The molecule has 1 N–H and O–H groups in total. The molecule has 1 rings (SSSR count). The van der Waals surface area contributed by atoms with Gasteiger partial charge in [0.2, 0.25) is 0 Å². The summed E-state index contributed by atoms with van der Waals surface area (Å²) in [7, 11) is 0. The van der Waals surface area contributed by atoms with Gasteiger partial charge in [-0.1, -0.05) is 6.92 Å². The summed E-state index contributed by atoms with van der Waals surface area (Å²) in [5, 5.41) is 20.0. The molecule has 1 aromatic rings. The first kappa shape index (κ1) is 17.2. The highest BCUT2D eigenvalue weighted by atomic mass is 16.6. The lowest BCUT2D eigenvalue weighted by Gasteiger charge is -2.29. The summed E-state index contributed by atoms with van der Waals surface area (Å²) in [5.74, 6) is 0.300. The molecule has 0 saturated heterocycles. The van der Waals surface area contributed by atoms with Crippen LogP contribution >= 0.6 is 0 Å². The Labute approximate surface area is 125 Å². The van der Waals surface area contributed by atoms with Crippen LogP contribution < -0.4 is 9.64 Å². The fourth-order valence-electron chi connectivity index (χ4n) is 2.09. The van der Waals surface area contributed by atoms with Crippen LogP contribution in [0.5, 0.6) is 5.75 Å². The third-order valence-corrected chi connectivity index (χ3v) is 3.11. The van der Waals surface area contributed by atoms with Crippen LogP contribution in [-0.4, -0.2) is 35.8 Å². The second-order valence-corrected chi connectivity index (χ2v) is 5.12. The van der Waals surface area contributed by atoms with Crippen molar-refractivity contribution in [1.82, 2.24) is 0 Å². The van der Waals surface area contributed by atoms with E-state index in [-0.39, 0.29) is 18.3 Å². The number of nitro benzene ring substituents is 1. The van der Waals surface area contributed by atoms with Crippen LogP contribution in [0.2, 0.25) is 0 Å². The Morgan fingerprint density at radius 2 is 2.14 bits per heavy atom. The number of anilines is 1. The van der Waals surface area contributed by atoms with Gasteiger partial charge in [0.05, 0.1) is 11.5 Å². The summed E-state index contributed by atoms with van der Waals surface area (Å²) in [6, 6.07) is 5.16. The maximum atomic E-state index is 11.1. The molecule has 0 heterocycles. The molecule has 0 bridgehead atoms. The number of rotatable bonds is 9. The molecule has 0 spiro atoms. The maximum Gasteiger partial charge on any atom is 0.311 e. The predicted molar refractivity (Wildman–Crippen MR) is 83.1 cm³/mol. The zero-order valence-electron chi connectivity index (χ0n) is 12.9. The van der Waals surface area contributed by atoms with Crippen molar-refractivity contribution >= 4 is 11.4 Å². The zero-order valence-corrected chi connectivity index (χ0v) is 12.9. The Hall–Kier alpha value is -1.82. The molecule has 0 radical (unpaired) electrons. The Bertz CT molecular complexity index is 463. The fraction of sp³-hybridized carbons (Fsp3) is 0.600. The fourth-order valence-corrected chi connectivity index (χ4v) is 2.09. The average molecular weight is 296 g/mol. The Morgan fingerprint density at radius 1 is 1.43 bits per heavy atom. The lowest BCUT2D eigenvalue weighted by atomic mass is 10.2. The van der Waals surface area contributed by atoms with E-state index in [2.05, 4.69) is 4.90 Å². The number of hydrogen-bond donors (Lipinski definition) is 1. The molecule has 0 amide bonds. The van der Waals surface area contributed by atoms with Gasteiger partial charge < -0.3 is 14.7 Å². The van der Waals surface area contributed by atoms with Gasteiger partial charge in [0.1, 0.15) is 0 Å². The Morgan fingerprint density at radius 3 is 2.67 bits per heavy atom. The normalized spacial score (nSPS) is 10.7. The summed E-state index contributed by atoms with van der Waals surface area (Å²) in [4.78, 5) is 12.7. The summed E-state index contributed by atoms with van der Waals surface area (Å²) < 4.78 is 5.50. The number of benzene rings is 1.